The Morgan fingerprint density at radius 2 is 1.86 bits per heavy atom. The van der Waals surface area contributed by atoms with E-state index in [-0.39, 0.29) is 6.04 Å². The van der Waals surface area contributed by atoms with Crippen molar-refractivity contribution in [1.29, 1.82) is 0 Å². The van der Waals surface area contributed by atoms with E-state index in [0.29, 0.717) is 19.5 Å². The van der Waals surface area contributed by atoms with Crippen molar-refractivity contribution in [3.8, 4) is 0 Å². The minimum atomic E-state index is -1.80. The van der Waals surface area contributed by atoms with E-state index in [4.69, 9.17) is 0 Å². The van der Waals surface area contributed by atoms with Crippen molar-refractivity contribution in [1.82, 2.24) is 15.5 Å². The smallest absolute Gasteiger partial charge is 0.255 e. The number of aliphatic hydroxyl groups is 2. The second kappa shape index (κ2) is 23.2. The number of likely N-dealkylation sites (tertiary alicyclic amines) is 1. The minimum absolute atomic E-state index is 0.202. The molecule has 0 aliphatic carbocycles. The van der Waals surface area contributed by atoms with Crippen LogP contribution >= 0.6 is 11.3 Å². The molecule has 4 N–H and O–H groups in total. The van der Waals surface area contributed by atoms with Gasteiger partial charge in [0.15, 0.2) is 12.2 Å². The number of hydrogen-bond donors (Lipinski definition) is 4. The van der Waals surface area contributed by atoms with Gasteiger partial charge in [-0.15, -0.1) is 11.3 Å². The fourth-order valence-corrected chi connectivity index (χ4v) is 4.07. The van der Waals surface area contributed by atoms with Gasteiger partial charge >= 0.3 is 0 Å². The third kappa shape index (κ3) is 13.2. The molecule has 2 heterocycles. The largest absolute Gasteiger partial charge is 0.380 e. The zero-order valence-corrected chi connectivity index (χ0v) is 24.1. The van der Waals surface area contributed by atoms with Gasteiger partial charge in [0.05, 0.1) is 6.04 Å². The van der Waals surface area contributed by atoms with Crippen molar-refractivity contribution in [2.75, 3.05) is 27.2 Å². The standard InChI is InChI=1S/C22H30N2O4S.C2H7N.2C2H6/c1-3-5-9-16(8-4-2)18-11-6-14-24(18)22(28)20(26)19(25)21(27)23-13-12-17-10-7-15-29-17;1-3-2;2*1-2/h4-5,7-10,15,18-20,25-26H,2-3,6,11-14H2,1H3,(H,23,27);3H,1-2H3;2*1-2H3/b9-5-,16-8+;;;. The lowest BCUT2D eigenvalue weighted by Crippen LogP contribution is -2.52. The van der Waals surface area contributed by atoms with Crippen LogP contribution in [0.2, 0.25) is 0 Å². The Morgan fingerprint density at radius 3 is 2.39 bits per heavy atom. The summed E-state index contributed by atoms with van der Waals surface area (Å²) in [5.74, 6) is -1.38. The average Bonchev–Trinajstić information content (AvgIpc) is 3.60. The van der Waals surface area contributed by atoms with Gasteiger partial charge in [-0.25, -0.2) is 0 Å². The van der Waals surface area contributed by atoms with Gasteiger partial charge in [0, 0.05) is 18.0 Å². The number of allylic oxidation sites excluding steroid dienone is 3. The highest BCUT2D eigenvalue weighted by atomic mass is 32.1. The van der Waals surface area contributed by atoms with Crippen LogP contribution in [0.15, 0.2) is 54.0 Å². The van der Waals surface area contributed by atoms with Gasteiger partial charge in [0.25, 0.3) is 11.8 Å². The van der Waals surface area contributed by atoms with Gasteiger partial charge in [0.2, 0.25) is 0 Å². The molecule has 1 fully saturated rings. The van der Waals surface area contributed by atoms with Gasteiger partial charge in [0.1, 0.15) is 0 Å². The van der Waals surface area contributed by atoms with Gasteiger partial charge in [-0.05, 0) is 56.8 Å². The monoisotopic (exact) mass is 523 g/mol. The van der Waals surface area contributed by atoms with Crippen LogP contribution in [0.4, 0.5) is 0 Å². The molecule has 1 aliphatic rings. The number of carbonyl (C=O) groups excluding carboxylic acids is 2. The molecule has 0 bridgehead atoms. The second-order valence-corrected chi connectivity index (χ2v) is 8.44. The van der Waals surface area contributed by atoms with E-state index < -0.39 is 24.0 Å². The lowest BCUT2D eigenvalue weighted by atomic mass is 10.0. The molecule has 1 aromatic rings. The van der Waals surface area contributed by atoms with Crippen LogP contribution in [0.3, 0.4) is 0 Å². The number of aliphatic hydroxyl groups excluding tert-OH is 2. The zero-order valence-electron chi connectivity index (χ0n) is 23.3. The maximum atomic E-state index is 12.8. The summed E-state index contributed by atoms with van der Waals surface area (Å²) in [7, 11) is 3.75. The SMILES string of the molecule is C=C/C=C(\C=C/CC)C1CCCN1C(=O)C(O)C(O)C(=O)NCCc1cccs1.CC.CC.CNC. The van der Waals surface area contributed by atoms with Crippen LogP contribution in [-0.2, 0) is 16.0 Å². The summed E-state index contributed by atoms with van der Waals surface area (Å²) in [5.41, 5.74) is 0.926. The van der Waals surface area contributed by atoms with Gasteiger partial charge in [-0.3, -0.25) is 9.59 Å². The molecule has 0 aromatic carbocycles. The summed E-state index contributed by atoms with van der Waals surface area (Å²) in [6.45, 7) is 14.6. The van der Waals surface area contributed by atoms with Crippen molar-refractivity contribution >= 4 is 23.2 Å². The Labute approximate surface area is 223 Å². The Kier molecular flexibility index (Phi) is 23.1. The number of hydrogen-bond acceptors (Lipinski definition) is 6. The predicted octanol–water partition coefficient (Wildman–Crippen LogP) is 4.09. The summed E-state index contributed by atoms with van der Waals surface area (Å²) in [5, 5.41) is 27.8. The Bertz CT molecular complexity index is 763. The summed E-state index contributed by atoms with van der Waals surface area (Å²) >= 11 is 1.58. The van der Waals surface area contributed by atoms with E-state index in [1.54, 1.807) is 22.3 Å². The van der Waals surface area contributed by atoms with Crippen LogP contribution in [0.1, 0.15) is 58.8 Å². The summed E-state index contributed by atoms with van der Waals surface area (Å²) in [6, 6.07) is 3.68. The lowest BCUT2D eigenvalue weighted by molar-refractivity contribution is -0.153. The first-order valence-corrected chi connectivity index (χ1v) is 13.8. The maximum Gasteiger partial charge on any atom is 0.255 e. The first-order chi connectivity index (χ1) is 17.4. The molecule has 206 valence electrons. The molecule has 8 heteroatoms. The first kappa shape index (κ1) is 35.9. The molecule has 7 nitrogen and oxygen atoms in total. The molecule has 0 spiro atoms. The molecule has 1 aliphatic heterocycles. The lowest BCUT2D eigenvalue weighted by Gasteiger charge is -2.29. The maximum absolute atomic E-state index is 12.8. The quantitative estimate of drug-likeness (QED) is 0.346. The van der Waals surface area contributed by atoms with E-state index in [9.17, 15) is 19.8 Å². The first-order valence-electron chi connectivity index (χ1n) is 13.0. The Hall–Kier alpha value is -2.26. The molecule has 0 saturated carbocycles. The number of amides is 2. The summed E-state index contributed by atoms with van der Waals surface area (Å²) < 4.78 is 0. The van der Waals surface area contributed by atoms with Crippen molar-refractivity contribution in [3.05, 3.63) is 58.8 Å². The molecular formula is C28H49N3O4S. The van der Waals surface area contributed by atoms with Crippen molar-refractivity contribution < 1.29 is 19.8 Å². The highest BCUT2D eigenvalue weighted by Crippen LogP contribution is 2.26. The topological polar surface area (TPSA) is 102 Å². The highest BCUT2D eigenvalue weighted by Gasteiger charge is 2.38. The summed E-state index contributed by atoms with van der Waals surface area (Å²) in [6.07, 6.45) is 6.93. The van der Waals surface area contributed by atoms with E-state index in [1.165, 1.54) is 0 Å². The van der Waals surface area contributed by atoms with Gasteiger partial charge < -0.3 is 25.7 Å². The fourth-order valence-electron chi connectivity index (χ4n) is 3.36. The molecule has 1 aromatic heterocycles. The van der Waals surface area contributed by atoms with Crippen molar-refractivity contribution in [2.45, 2.75) is 78.6 Å². The average molecular weight is 524 g/mol. The number of thiophene rings is 1. The highest BCUT2D eigenvalue weighted by molar-refractivity contribution is 7.09. The van der Waals surface area contributed by atoms with Gasteiger partial charge in [-0.1, -0.05) is 71.6 Å². The molecule has 3 atom stereocenters. The third-order valence-electron chi connectivity index (χ3n) is 4.85. The molecule has 0 radical (unpaired) electrons. The second-order valence-electron chi connectivity index (χ2n) is 7.41. The fraction of sp³-hybridized carbons (Fsp3) is 0.571. The number of nitrogens with zero attached hydrogens (tertiary/aromatic N) is 1. The molecule has 1 saturated heterocycles. The minimum Gasteiger partial charge on any atom is -0.380 e. The van der Waals surface area contributed by atoms with Crippen LogP contribution in [0.25, 0.3) is 0 Å². The van der Waals surface area contributed by atoms with Crippen molar-refractivity contribution in [3.63, 3.8) is 0 Å². The predicted molar refractivity (Wildman–Crippen MR) is 153 cm³/mol. The Morgan fingerprint density at radius 1 is 1.22 bits per heavy atom. The van der Waals surface area contributed by atoms with E-state index >= 15 is 0 Å². The Balaban J connectivity index is 0. The number of nitrogens with one attached hydrogen (secondary N) is 2. The van der Waals surface area contributed by atoms with Crippen LogP contribution in [0, 0.1) is 0 Å². The van der Waals surface area contributed by atoms with Crippen LogP contribution in [0.5, 0.6) is 0 Å². The summed E-state index contributed by atoms with van der Waals surface area (Å²) in [4.78, 5) is 27.6. The number of carbonyl (C=O) groups is 2. The van der Waals surface area contributed by atoms with Crippen molar-refractivity contribution in [2.24, 2.45) is 0 Å². The van der Waals surface area contributed by atoms with Crippen LogP contribution < -0.4 is 10.6 Å². The normalized spacial score (nSPS) is 16.4. The van der Waals surface area contributed by atoms with Gasteiger partial charge in [-0.2, -0.15) is 0 Å². The number of rotatable bonds is 10. The van der Waals surface area contributed by atoms with E-state index in [2.05, 4.69) is 17.2 Å². The van der Waals surface area contributed by atoms with Crippen LogP contribution in [-0.4, -0.2) is 72.4 Å². The molecule has 2 amide bonds. The molecule has 36 heavy (non-hydrogen) atoms. The zero-order chi connectivity index (χ0) is 27.9. The van der Waals surface area contributed by atoms with E-state index in [1.807, 2.05) is 84.5 Å². The molecule has 3 unspecified atom stereocenters. The van der Waals surface area contributed by atoms with E-state index in [0.717, 1.165) is 29.7 Å². The molecular weight excluding hydrogens is 474 g/mol. The molecule has 2 rings (SSSR count). The third-order valence-corrected chi connectivity index (χ3v) is 5.78.